The number of benzene rings is 4. The molecular formula is C37H42O7. The van der Waals surface area contributed by atoms with Crippen molar-refractivity contribution >= 4 is 0 Å². The standard InChI is InChI=1S/C37H42O7/c38-22-13-23-43-34-36(41,26-30-18-9-3-10-19-30)37(42,27-31-20-11-4-12-21-31)35(40,25-29-16-7-2-8-17-29)33(44-34)32(39)24-28-14-5-1-6-15-28/h1-12,14-21,32-34,38-42H,13,22-27H2/t32?,33-,34-,35+,36+,37+/m1/s1. The lowest BCUT2D eigenvalue weighted by atomic mass is 9.59. The molecule has 1 aliphatic heterocycles. The molecule has 4 aromatic carbocycles. The smallest absolute Gasteiger partial charge is 0.190 e. The molecule has 0 aromatic heterocycles. The first-order chi connectivity index (χ1) is 21.3. The van der Waals surface area contributed by atoms with Crippen LogP contribution in [0.15, 0.2) is 121 Å². The first-order valence-electron chi connectivity index (χ1n) is 15.2. The Morgan fingerprint density at radius 3 is 1.52 bits per heavy atom. The van der Waals surface area contributed by atoms with Crippen molar-refractivity contribution in [1.29, 1.82) is 0 Å². The third-order valence-electron chi connectivity index (χ3n) is 8.71. The highest BCUT2D eigenvalue weighted by molar-refractivity contribution is 5.33. The Kier molecular flexibility index (Phi) is 10.3. The summed E-state index contributed by atoms with van der Waals surface area (Å²) >= 11 is 0. The van der Waals surface area contributed by atoms with Crippen LogP contribution in [-0.2, 0) is 35.2 Å². The lowest BCUT2D eigenvalue weighted by molar-refractivity contribution is -0.408. The van der Waals surface area contributed by atoms with Gasteiger partial charge in [-0.15, -0.1) is 0 Å². The Bertz CT molecular complexity index is 1420. The summed E-state index contributed by atoms with van der Waals surface area (Å²) in [6, 6.07) is 37.0. The van der Waals surface area contributed by atoms with E-state index in [2.05, 4.69) is 0 Å². The minimum Gasteiger partial charge on any atom is -0.396 e. The molecule has 44 heavy (non-hydrogen) atoms. The zero-order valence-corrected chi connectivity index (χ0v) is 24.8. The molecular weight excluding hydrogens is 556 g/mol. The van der Waals surface area contributed by atoms with E-state index in [1.54, 1.807) is 0 Å². The van der Waals surface area contributed by atoms with Crippen LogP contribution in [0.4, 0.5) is 0 Å². The van der Waals surface area contributed by atoms with Crippen molar-refractivity contribution in [3.8, 4) is 0 Å². The number of rotatable bonds is 13. The summed E-state index contributed by atoms with van der Waals surface area (Å²) in [6.07, 6.45) is -4.08. The van der Waals surface area contributed by atoms with Crippen LogP contribution < -0.4 is 0 Å². The van der Waals surface area contributed by atoms with Crippen molar-refractivity contribution in [1.82, 2.24) is 0 Å². The fraction of sp³-hybridized carbons (Fsp3) is 0.351. The van der Waals surface area contributed by atoms with E-state index in [-0.39, 0.29) is 45.3 Å². The maximum absolute atomic E-state index is 13.2. The van der Waals surface area contributed by atoms with Crippen LogP contribution in [0.3, 0.4) is 0 Å². The average molecular weight is 599 g/mol. The number of hydrogen-bond donors (Lipinski definition) is 5. The quantitative estimate of drug-likeness (QED) is 0.149. The largest absolute Gasteiger partial charge is 0.396 e. The summed E-state index contributed by atoms with van der Waals surface area (Å²) < 4.78 is 12.6. The molecule has 0 aliphatic carbocycles. The van der Waals surface area contributed by atoms with Crippen molar-refractivity contribution in [2.24, 2.45) is 0 Å². The van der Waals surface area contributed by atoms with Gasteiger partial charge in [0.15, 0.2) is 11.9 Å². The van der Waals surface area contributed by atoms with Crippen molar-refractivity contribution in [2.75, 3.05) is 13.2 Å². The van der Waals surface area contributed by atoms with E-state index in [1.165, 1.54) is 0 Å². The van der Waals surface area contributed by atoms with Gasteiger partial charge in [0.05, 0.1) is 12.7 Å². The van der Waals surface area contributed by atoms with Crippen LogP contribution in [0.2, 0.25) is 0 Å². The summed E-state index contributed by atoms with van der Waals surface area (Å²) in [5, 5.41) is 60.4. The number of hydrogen-bond acceptors (Lipinski definition) is 7. The monoisotopic (exact) mass is 598 g/mol. The van der Waals surface area contributed by atoms with Crippen LogP contribution in [0.25, 0.3) is 0 Å². The topological polar surface area (TPSA) is 120 Å². The highest BCUT2D eigenvalue weighted by Crippen LogP contribution is 2.51. The Morgan fingerprint density at radius 2 is 1.05 bits per heavy atom. The molecule has 0 spiro atoms. The molecule has 1 saturated heterocycles. The van der Waals surface area contributed by atoms with Crippen molar-refractivity contribution in [2.45, 2.75) is 67.4 Å². The van der Waals surface area contributed by atoms with E-state index >= 15 is 0 Å². The first-order valence-corrected chi connectivity index (χ1v) is 15.2. The van der Waals surface area contributed by atoms with E-state index in [0.29, 0.717) is 16.7 Å². The van der Waals surface area contributed by atoms with Gasteiger partial charge in [0, 0.05) is 32.3 Å². The van der Waals surface area contributed by atoms with Crippen LogP contribution in [0, 0.1) is 0 Å². The van der Waals surface area contributed by atoms with Crippen molar-refractivity contribution in [3.63, 3.8) is 0 Å². The Hall–Kier alpha value is -3.40. The lowest BCUT2D eigenvalue weighted by Gasteiger charge is -2.62. The normalized spacial score (nSPS) is 27.6. The molecule has 0 radical (unpaired) electrons. The van der Waals surface area contributed by atoms with Gasteiger partial charge in [0.2, 0.25) is 0 Å². The third kappa shape index (κ3) is 6.65. The average Bonchev–Trinajstić information content (AvgIpc) is 3.03. The molecule has 7 heteroatoms. The second-order valence-electron chi connectivity index (χ2n) is 11.8. The van der Waals surface area contributed by atoms with E-state index < -0.39 is 35.3 Å². The van der Waals surface area contributed by atoms with Gasteiger partial charge in [-0.1, -0.05) is 121 Å². The van der Waals surface area contributed by atoms with Crippen LogP contribution >= 0.6 is 0 Å². The van der Waals surface area contributed by atoms with Gasteiger partial charge >= 0.3 is 0 Å². The number of ether oxygens (including phenoxy) is 2. The van der Waals surface area contributed by atoms with E-state index in [0.717, 1.165) is 5.56 Å². The summed E-state index contributed by atoms with van der Waals surface area (Å²) in [4.78, 5) is 0. The minimum absolute atomic E-state index is 0.0261. The number of aliphatic hydroxyl groups excluding tert-OH is 2. The van der Waals surface area contributed by atoms with Gasteiger partial charge in [-0.25, -0.2) is 0 Å². The summed E-state index contributed by atoms with van der Waals surface area (Å²) in [7, 11) is 0. The summed E-state index contributed by atoms with van der Waals surface area (Å²) in [6.45, 7) is -0.117. The Labute approximate surface area is 259 Å². The molecule has 1 fully saturated rings. The zero-order chi connectivity index (χ0) is 31.0. The van der Waals surface area contributed by atoms with Crippen molar-refractivity contribution in [3.05, 3.63) is 144 Å². The van der Waals surface area contributed by atoms with Gasteiger partial charge in [-0.05, 0) is 28.7 Å². The van der Waals surface area contributed by atoms with Gasteiger partial charge in [-0.2, -0.15) is 0 Å². The fourth-order valence-electron chi connectivity index (χ4n) is 6.45. The zero-order valence-electron chi connectivity index (χ0n) is 24.8. The molecule has 5 N–H and O–H groups in total. The van der Waals surface area contributed by atoms with Crippen LogP contribution in [0.5, 0.6) is 0 Å². The molecule has 5 rings (SSSR count). The maximum atomic E-state index is 13.2. The molecule has 1 aliphatic rings. The second-order valence-corrected chi connectivity index (χ2v) is 11.8. The van der Waals surface area contributed by atoms with E-state index in [9.17, 15) is 25.5 Å². The van der Waals surface area contributed by atoms with Gasteiger partial charge in [0.1, 0.15) is 17.3 Å². The molecule has 0 saturated carbocycles. The Balaban J connectivity index is 1.69. The third-order valence-corrected chi connectivity index (χ3v) is 8.71. The Morgan fingerprint density at radius 1 is 0.614 bits per heavy atom. The highest BCUT2D eigenvalue weighted by atomic mass is 16.7. The fourth-order valence-corrected chi connectivity index (χ4v) is 6.45. The van der Waals surface area contributed by atoms with Crippen LogP contribution in [0.1, 0.15) is 28.7 Å². The predicted octanol–water partition coefficient (Wildman–Crippen LogP) is 3.64. The first kappa shape index (κ1) is 32.0. The van der Waals surface area contributed by atoms with Gasteiger partial charge in [0.25, 0.3) is 0 Å². The second kappa shape index (κ2) is 14.1. The van der Waals surface area contributed by atoms with E-state index in [4.69, 9.17) is 9.47 Å². The molecule has 0 amide bonds. The number of aliphatic hydroxyl groups is 5. The van der Waals surface area contributed by atoms with Crippen LogP contribution in [-0.4, -0.2) is 74.0 Å². The van der Waals surface area contributed by atoms with Gasteiger partial charge < -0.3 is 35.0 Å². The molecule has 6 atom stereocenters. The molecule has 0 bridgehead atoms. The summed E-state index contributed by atoms with van der Waals surface area (Å²) in [5.41, 5.74) is -3.78. The maximum Gasteiger partial charge on any atom is 0.190 e. The SMILES string of the molecule is OCCCO[C@@H]1O[C@H](C(O)Cc2ccccc2)[C@@](O)(Cc2ccccc2)[C@@](O)(Cc2ccccc2)[C@]1(O)Cc1ccccc1. The highest BCUT2D eigenvalue weighted by Gasteiger charge is 2.72. The molecule has 7 nitrogen and oxygen atoms in total. The van der Waals surface area contributed by atoms with Gasteiger partial charge in [-0.3, -0.25) is 0 Å². The minimum atomic E-state index is -2.29. The molecule has 4 aromatic rings. The van der Waals surface area contributed by atoms with E-state index in [1.807, 2.05) is 121 Å². The lowest BCUT2D eigenvalue weighted by Crippen LogP contribution is -2.83. The predicted molar refractivity (Wildman–Crippen MR) is 168 cm³/mol. The molecule has 1 unspecified atom stereocenters. The van der Waals surface area contributed by atoms with Crippen molar-refractivity contribution < 1.29 is 35.0 Å². The molecule has 1 heterocycles. The molecule has 232 valence electrons. The summed E-state index contributed by atoms with van der Waals surface area (Å²) in [5.74, 6) is 0.